The maximum atomic E-state index is 12.2. The fourth-order valence-electron chi connectivity index (χ4n) is 1.60. The zero-order valence-electron chi connectivity index (χ0n) is 10.1. The molecule has 0 spiro atoms. The Balaban J connectivity index is 2.33. The number of ether oxygens (including phenoxy) is 1. The molecule has 2 aromatic rings. The third-order valence-corrected chi connectivity index (χ3v) is 3.31. The molecule has 0 radical (unpaired) electrons. The van der Waals surface area contributed by atoms with Crippen LogP contribution < -0.4 is 5.73 Å². The van der Waals surface area contributed by atoms with Gasteiger partial charge in [-0.1, -0.05) is 23.2 Å². The highest BCUT2D eigenvalue weighted by Crippen LogP contribution is 2.30. The summed E-state index contributed by atoms with van der Waals surface area (Å²) in [5.74, 6) is 0.455. The monoisotopic (exact) mass is 299 g/mol. The van der Waals surface area contributed by atoms with E-state index in [9.17, 15) is 4.79 Å². The van der Waals surface area contributed by atoms with Gasteiger partial charge in [-0.3, -0.25) is 4.79 Å². The highest BCUT2D eigenvalue weighted by Gasteiger charge is 2.16. The Kier molecular flexibility index (Phi) is 4.14. The third kappa shape index (κ3) is 2.92. The van der Waals surface area contributed by atoms with Gasteiger partial charge in [0.1, 0.15) is 12.4 Å². The van der Waals surface area contributed by atoms with Crippen molar-refractivity contribution >= 4 is 34.7 Å². The Morgan fingerprint density at radius 2 is 2.11 bits per heavy atom. The Morgan fingerprint density at radius 1 is 1.37 bits per heavy atom. The molecule has 0 saturated carbocycles. The van der Waals surface area contributed by atoms with E-state index in [1.54, 1.807) is 19.2 Å². The van der Waals surface area contributed by atoms with Crippen LogP contribution >= 0.6 is 23.2 Å². The number of nitrogen functional groups attached to an aromatic ring is 1. The number of halogens is 2. The van der Waals surface area contributed by atoms with E-state index < -0.39 is 0 Å². The molecule has 0 aliphatic heterocycles. The van der Waals surface area contributed by atoms with Gasteiger partial charge in [0.2, 0.25) is 5.78 Å². The molecule has 4 nitrogen and oxygen atoms in total. The molecule has 6 heteroatoms. The molecule has 0 aliphatic rings. The number of furan rings is 1. The molecule has 0 amide bonds. The second-order valence-electron chi connectivity index (χ2n) is 3.89. The quantitative estimate of drug-likeness (QED) is 0.692. The van der Waals surface area contributed by atoms with Gasteiger partial charge in [-0.15, -0.1) is 0 Å². The first-order valence-electron chi connectivity index (χ1n) is 5.39. The summed E-state index contributed by atoms with van der Waals surface area (Å²) in [6, 6.07) is 6.18. The summed E-state index contributed by atoms with van der Waals surface area (Å²) in [5.41, 5.74) is 6.25. The number of nitrogens with two attached hydrogens (primary N) is 1. The molecule has 0 fully saturated rings. The first-order valence-corrected chi connectivity index (χ1v) is 6.15. The van der Waals surface area contributed by atoms with Crippen LogP contribution in [0.15, 0.2) is 28.7 Å². The Morgan fingerprint density at radius 3 is 2.74 bits per heavy atom. The fraction of sp³-hybridized carbons (Fsp3) is 0.154. The number of carbonyl (C=O) groups excluding carboxylic acids is 1. The van der Waals surface area contributed by atoms with Crippen LogP contribution in [-0.4, -0.2) is 12.9 Å². The van der Waals surface area contributed by atoms with Crippen molar-refractivity contribution in [2.75, 3.05) is 12.8 Å². The topological polar surface area (TPSA) is 65.5 Å². The van der Waals surface area contributed by atoms with Gasteiger partial charge in [0.25, 0.3) is 0 Å². The zero-order chi connectivity index (χ0) is 14.0. The Bertz CT molecular complexity index is 599. The molecule has 1 aromatic heterocycles. The predicted octanol–water partition coefficient (Wildman–Crippen LogP) is 3.55. The number of carbonyl (C=O) groups is 1. The fourth-order valence-corrected chi connectivity index (χ4v) is 1.94. The number of hydrogen-bond acceptors (Lipinski definition) is 4. The van der Waals surface area contributed by atoms with Gasteiger partial charge in [-0.05, 0) is 24.3 Å². The largest absolute Gasteiger partial charge is 0.455 e. The summed E-state index contributed by atoms with van der Waals surface area (Å²) in [6.07, 6.45) is 0. The average molecular weight is 300 g/mol. The van der Waals surface area contributed by atoms with E-state index in [0.29, 0.717) is 17.9 Å². The van der Waals surface area contributed by atoms with Crippen LogP contribution in [0.25, 0.3) is 0 Å². The van der Waals surface area contributed by atoms with Crippen LogP contribution in [0.5, 0.6) is 0 Å². The minimum atomic E-state index is -0.312. The molecule has 0 unspecified atom stereocenters. The lowest BCUT2D eigenvalue weighted by Gasteiger charge is -2.04. The maximum Gasteiger partial charge on any atom is 0.228 e. The van der Waals surface area contributed by atoms with Crippen molar-refractivity contribution in [3.63, 3.8) is 0 Å². The Hall–Kier alpha value is -1.49. The number of benzene rings is 1. The lowest BCUT2D eigenvalue weighted by Crippen LogP contribution is -2.01. The first kappa shape index (κ1) is 13.9. The van der Waals surface area contributed by atoms with Gasteiger partial charge in [0.05, 0.1) is 15.7 Å². The number of ketones is 1. The van der Waals surface area contributed by atoms with E-state index in [1.807, 2.05) is 0 Å². The molecule has 0 atom stereocenters. The summed E-state index contributed by atoms with van der Waals surface area (Å²) in [6.45, 7) is 0.302. The first-order chi connectivity index (χ1) is 9.02. The second kappa shape index (κ2) is 5.65. The number of rotatable bonds is 4. The van der Waals surface area contributed by atoms with E-state index >= 15 is 0 Å². The average Bonchev–Trinajstić information content (AvgIpc) is 2.83. The number of methoxy groups -OCH3 is 1. The summed E-state index contributed by atoms with van der Waals surface area (Å²) in [7, 11) is 1.55. The van der Waals surface area contributed by atoms with Gasteiger partial charge in [-0.25, -0.2) is 0 Å². The lowest BCUT2D eigenvalue weighted by atomic mass is 10.1. The second-order valence-corrected chi connectivity index (χ2v) is 4.67. The van der Waals surface area contributed by atoms with Gasteiger partial charge < -0.3 is 14.9 Å². The van der Waals surface area contributed by atoms with E-state index in [-0.39, 0.29) is 27.3 Å². The molecule has 19 heavy (non-hydrogen) atoms. The number of anilines is 1. The smallest absolute Gasteiger partial charge is 0.228 e. The maximum absolute atomic E-state index is 12.2. The van der Waals surface area contributed by atoms with Crippen molar-refractivity contribution in [1.29, 1.82) is 0 Å². The van der Waals surface area contributed by atoms with E-state index in [0.717, 1.165) is 0 Å². The highest BCUT2D eigenvalue weighted by atomic mass is 35.5. The van der Waals surface area contributed by atoms with E-state index in [4.69, 9.17) is 38.1 Å². The molecule has 0 aliphatic carbocycles. The van der Waals surface area contributed by atoms with Gasteiger partial charge in [-0.2, -0.15) is 0 Å². The lowest BCUT2D eigenvalue weighted by molar-refractivity contribution is 0.1000. The van der Waals surface area contributed by atoms with Crippen LogP contribution in [0.4, 0.5) is 5.69 Å². The van der Waals surface area contributed by atoms with Gasteiger partial charge in [0, 0.05) is 12.7 Å². The van der Waals surface area contributed by atoms with Gasteiger partial charge in [0.15, 0.2) is 5.76 Å². The molecule has 2 N–H and O–H groups in total. The molecule has 2 rings (SSSR count). The summed E-state index contributed by atoms with van der Waals surface area (Å²) in [5, 5.41) is 0.464. The summed E-state index contributed by atoms with van der Waals surface area (Å²) >= 11 is 11.7. The van der Waals surface area contributed by atoms with Crippen LogP contribution in [0.2, 0.25) is 10.0 Å². The van der Waals surface area contributed by atoms with Crippen molar-refractivity contribution in [3.8, 4) is 0 Å². The molecule has 0 saturated heterocycles. The normalized spacial score (nSPS) is 10.7. The van der Waals surface area contributed by atoms with Crippen molar-refractivity contribution in [2.24, 2.45) is 0 Å². The zero-order valence-corrected chi connectivity index (χ0v) is 11.6. The van der Waals surface area contributed by atoms with Crippen LogP contribution in [0, 0.1) is 0 Å². The minimum Gasteiger partial charge on any atom is -0.455 e. The van der Waals surface area contributed by atoms with Crippen LogP contribution in [0.3, 0.4) is 0 Å². The molecule has 1 aromatic carbocycles. The van der Waals surface area contributed by atoms with Crippen molar-refractivity contribution in [1.82, 2.24) is 0 Å². The van der Waals surface area contributed by atoms with Crippen LogP contribution in [-0.2, 0) is 11.3 Å². The van der Waals surface area contributed by atoms with Crippen molar-refractivity contribution < 1.29 is 13.9 Å². The molecule has 100 valence electrons. The van der Waals surface area contributed by atoms with E-state index in [1.165, 1.54) is 12.1 Å². The third-order valence-electron chi connectivity index (χ3n) is 2.49. The highest BCUT2D eigenvalue weighted by molar-refractivity contribution is 6.44. The van der Waals surface area contributed by atoms with Crippen molar-refractivity contribution in [2.45, 2.75) is 6.61 Å². The van der Waals surface area contributed by atoms with Gasteiger partial charge >= 0.3 is 0 Å². The molecular weight excluding hydrogens is 289 g/mol. The summed E-state index contributed by atoms with van der Waals surface area (Å²) in [4.78, 5) is 12.2. The summed E-state index contributed by atoms with van der Waals surface area (Å²) < 4.78 is 10.3. The standard InChI is InChI=1S/C13H11Cl2NO3/c1-18-6-8-2-3-11(19-8)13(17)7-4-9(14)12(15)10(16)5-7/h2-5H,6,16H2,1H3. The molecule has 1 heterocycles. The number of hydrogen-bond donors (Lipinski definition) is 1. The van der Waals surface area contributed by atoms with Crippen LogP contribution in [0.1, 0.15) is 21.9 Å². The Labute approximate surface area is 120 Å². The van der Waals surface area contributed by atoms with E-state index in [2.05, 4.69) is 0 Å². The molecular formula is C13H11Cl2NO3. The predicted molar refractivity (Wildman–Crippen MR) is 73.7 cm³/mol. The SMILES string of the molecule is COCc1ccc(C(=O)c2cc(N)c(Cl)c(Cl)c2)o1. The van der Waals surface area contributed by atoms with Crippen molar-refractivity contribution in [3.05, 3.63) is 51.4 Å². The minimum absolute atomic E-state index is 0.199. The molecule has 0 bridgehead atoms.